The monoisotopic (exact) mass is 328 g/mol. The Labute approximate surface area is 140 Å². The molecule has 0 atom stereocenters. The molecule has 2 aromatic rings. The number of carbonyl (C=O) groups excluding carboxylic acids is 2. The van der Waals surface area contributed by atoms with Gasteiger partial charge in [-0.3, -0.25) is 9.59 Å². The zero-order chi connectivity index (χ0) is 17.5. The summed E-state index contributed by atoms with van der Waals surface area (Å²) in [6.07, 6.45) is 0. The number of aryl methyl sites for hydroxylation is 1. The van der Waals surface area contributed by atoms with Crippen molar-refractivity contribution in [1.29, 1.82) is 0 Å². The lowest BCUT2D eigenvalue weighted by Gasteiger charge is -2.09. The normalized spacial score (nSPS) is 10.1. The smallest absolute Gasteiger partial charge is 0.251 e. The maximum atomic E-state index is 12.0. The maximum absolute atomic E-state index is 12.0. The minimum atomic E-state index is -0.423. The van der Waals surface area contributed by atoms with Crippen LogP contribution in [-0.2, 0) is 4.79 Å². The molecule has 2 rings (SSSR count). The van der Waals surface area contributed by atoms with Crippen LogP contribution in [0.1, 0.15) is 22.8 Å². The summed E-state index contributed by atoms with van der Waals surface area (Å²) in [5, 5.41) is 14.8. The molecule has 0 radical (unpaired) electrons. The van der Waals surface area contributed by atoms with Crippen LogP contribution in [0.5, 0.6) is 11.5 Å². The lowest BCUT2D eigenvalue weighted by Crippen LogP contribution is -2.32. The molecule has 0 aliphatic heterocycles. The van der Waals surface area contributed by atoms with Gasteiger partial charge in [-0.15, -0.1) is 0 Å². The molecule has 0 aliphatic carbocycles. The molecule has 0 fully saturated rings. The third-order valence-electron chi connectivity index (χ3n) is 3.26. The molecule has 6 heteroatoms. The molecule has 3 N–H and O–H groups in total. The summed E-state index contributed by atoms with van der Waals surface area (Å²) in [6, 6.07) is 11.6. The molecule has 2 amide bonds. The zero-order valence-corrected chi connectivity index (χ0v) is 13.6. The second kappa shape index (κ2) is 8.01. The van der Waals surface area contributed by atoms with Gasteiger partial charge in [0.2, 0.25) is 5.91 Å². The van der Waals surface area contributed by atoms with Crippen LogP contribution in [0.4, 0.5) is 5.69 Å². The van der Waals surface area contributed by atoms with Crippen LogP contribution < -0.4 is 15.4 Å². The van der Waals surface area contributed by atoms with E-state index in [0.717, 1.165) is 5.56 Å². The van der Waals surface area contributed by atoms with Gasteiger partial charge in [-0.1, -0.05) is 6.07 Å². The highest BCUT2D eigenvalue weighted by Gasteiger charge is 2.10. The van der Waals surface area contributed by atoms with Crippen LogP contribution in [0.3, 0.4) is 0 Å². The van der Waals surface area contributed by atoms with E-state index in [9.17, 15) is 14.7 Å². The van der Waals surface area contributed by atoms with Gasteiger partial charge in [0.1, 0.15) is 11.5 Å². The molecule has 0 bridgehead atoms. The van der Waals surface area contributed by atoms with Gasteiger partial charge >= 0.3 is 0 Å². The van der Waals surface area contributed by atoms with E-state index in [0.29, 0.717) is 23.6 Å². The fourth-order valence-corrected chi connectivity index (χ4v) is 2.07. The number of phenolic OH excluding ortho intramolecular Hbond substituents is 1. The Balaban J connectivity index is 1.87. The van der Waals surface area contributed by atoms with Crippen molar-refractivity contribution >= 4 is 17.5 Å². The van der Waals surface area contributed by atoms with Crippen LogP contribution in [-0.4, -0.2) is 30.1 Å². The van der Waals surface area contributed by atoms with Gasteiger partial charge in [0.25, 0.3) is 5.91 Å². The Morgan fingerprint density at radius 2 is 1.83 bits per heavy atom. The van der Waals surface area contributed by atoms with Gasteiger partial charge in [0, 0.05) is 5.56 Å². The first-order chi connectivity index (χ1) is 11.5. The van der Waals surface area contributed by atoms with Crippen LogP contribution in [0.2, 0.25) is 0 Å². The van der Waals surface area contributed by atoms with Gasteiger partial charge in [-0.25, -0.2) is 0 Å². The van der Waals surface area contributed by atoms with Crippen molar-refractivity contribution in [2.45, 2.75) is 13.8 Å². The van der Waals surface area contributed by atoms with E-state index in [4.69, 9.17) is 4.74 Å². The number of benzene rings is 2. The van der Waals surface area contributed by atoms with E-state index in [-0.39, 0.29) is 18.2 Å². The minimum Gasteiger partial charge on any atom is -0.506 e. The molecular weight excluding hydrogens is 308 g/mol. The van der Waals surface area contributed by atoms with Gasteiger partial charge < -0.3 is 20.5 Å². The van der Waals surface area contributed by atoms with Gasteiger partial charge in [-0.2, -0.15) is 0 Å². The van der Waals surface area contributed by atoms with Crippen molar-refractivity contribution < 1.29 is 19.4 Å². The van der Waals surface area contributed by atoms with Crippen LogP contribution in [0, 0.1) is 6.92 Å². The quantitative estimate of drug-likeness (QED) is 0.711. The number of carbonyl (C=O) groups is 2. The minimum absolute atomic E-state index is 0.0128. The average Bonchev–Trinajstić information content (AvgIpc) is 2.56. The van der Waals surface area contributed by atoms with Crippen molar-refractivity contribution in [3.05, 3.63) is 53.6 Å². The Hall–Kier alpha value is -3.02. The molecule has 2 aromatic carbocycles. The molecule has 0 aromatic heterocycles. The number of hydrogen-bond donors (Lipinski definition) is 3. The highest BCUT2D eigenvalue weighted by Crippen LogP contribution is 2.23. The second-order valence-electron chi connectivity index (χ2n) is 5.21. The van der Waals surface area contributed by atoms with Gasteiger partial charge in [0.05, 0.1) is 18.8 Å². The summed E-state index contributed by atoms with van der Waals surface area (Å²) in [5.41, 5.74) is 1.62. The molecule has 24 heavy (non-hydrogen) atoms. The molecular formula is C18H20N2O4. The number of aromatic hydroxyl groups is 1. The number of nitrogens with one attached hydrogen (secondary N) is 2. The molecule has 0 spiro atoms. The topological polar surface area (TPSA) is 87.7 Å². The molecule has 0 saturated heterocycles. The third-order valence-corrected chi connectivity index (χ3v) is 3.26. The highest BCUT2D eigenvalue weighted by molar-refractivity contribution is 5.99. The van der Waals surface area contributed by atoms with Crippen LogP contribution >= 0.6 is 0 Å². The first kappa shape index (κ1) is 17.3. The number of rotatable bonds is 6. The van der Waals surface area contributed by atoms with E-state index >= 15 is 0 Å². The lowest BCUT2D eigenvalue weighted by atomic mass is 10.2. The Bertz CT molecular complexity index is 726. The molecule has 0 heterocycles. The van der Waals surface area contributed by atoms with Gasteiger partial charge in [0.15, 0.2) is 0 Å². The van der Waals surface area contributed by atoms with Crippen molar-refractivity contribution in [2.75, 3.05) is 18.5 Å². The van der Waals surface area contributed by atoms with E-state index in [1.165, 1.54) is 0 Å². The fourth-order valence-electron chi connectivity index (χ4n) is 2.07. The van der Waals surface area contributed by atoms with E-state index < -0.39 is 5.91 Å². The summed E-state index contributed by atoms with van der Waals surface area (Å²) in [4.78, 5) is 23.9. The zero-order valence-electron chi connectivity index (χ0n) is 13.6. The van der Waals surface area contributed by atoms with E-state index in [1.54, 1.807) is 42.5 Å². The number of hydrogen-bond acceptors (Lipinski definition) is 4. The summed E-state index contributed by atoms with van der Waals surface area (Å²) in [7, 11) is 0. The van der Waals surface area contributed by atoms with Crippen molar-refractivity contribution in [3.8, 4) is 11.5 Å². The largest absolute Gasteiger partial charge is 0.506 e. The van der Waals surface area contributed by atoms with Crippen molar-refractivity contribution in [2.24, 2.45) is 0 Å². The van der Waals surface area contributed by atoms with E-state index in [2.05, 4.69) is 10.6 Å². The molecule has 126 valence electrons. The Morgan fingerprint density at radius 3 is 2.46 bits per heavy atom. The summed E-state index contributed by atoms with van der Waals surface area (Å²) < 4.78 is 5.31. The molecule has 6 nitrogen and oxygen atoms in total. The molecule has 0 unspecified atom stereocenters. The van der Waals surface area contributed by atoms with Crippen LogP contribution in [0.25, 0.3) is 0 Å². The number of ether oxygens (including phenoxy) is 1. The Kier molecular flexibility index (Phi) is 5.78. The standard InChI is InChI=1S/C18H20N2O4/c1-3-24-14-7-5-13(6-8-14)18(23)19-11-17(22)20-15-9-4-12(2)10-16(15)21/h4-10,21H,3,11H2,1-2H3,(H,19,23)(H,20,22). The SMILES string of the molecule is CCOc1ccc(C(=O)NCC(=O)Nc2ccc(C)cc2O)cc1. The first-order valence-corrected chi connectivity index (χ1v) is 7.60. The number of phenols is 1. The first-order valence-electron chi connectivity index (χ1n) is 7.60. The van der Waals surface area contributed by atoms with Gasteiger partial charge in [-0.05, 0) is 55.8 Å². The average molecular weight is 328 g/mol. The van der Waals surface area contributed by atoms with E-state index in [1.807, 2.05) is 13.8 Å². The third kappa shape index (κ3) is 4.74. The molecule has 0 saturated carbocycles. The van der Waals surface area contributed by atoms with Crippen molar-refractivity contribution in [1.82, 2.24) is 5.32 Å². The molecule has 0 aliphatic rings. The second-order valence-corrected chi connectivity index (χ2v) is 5.21. The summed E-state index contributed by atoms with van der Waals surface area (Å²) in [6.45, 7) is 4.07. The maximum Gasteiger partial charge on any atom is 0.251 e. The fraction of sp³-hybridized carbons (Fsp3) is 0.222. The Morgan fingerprint density at radius 1 is 1.12 bits per heavy atom. The summed E-state index contributed by atoms with van der Waals surface area (Å²) >= 11 is 0. The number of anilines is 1. The van der Waals surface area contributed by atoms with Crippen LogP contribution in [0.15, 0.2) is 42.5 Å². The lowest BCUT2D eigenvalue weighted by molar-refractivity contribution is -0.115. The summed E-state index contributed by atoms with van der Waals surface area (Å²) in [5.74, 6) is -0.113. The predicted molar refractivity (Wildman–Crippen MR) is 91.4 cm³/mol. The highest BCUT2D eigenvalue weighted by atomic mass is 16.5. The number of amides is 2. The predicted octanol–water partition coefficient (Wildman–Crippen LogP) is 2.47. The van der Waals surface area contributed by atoms with Crippen molar-refractivity contribution in [3.63, 3.8) is 0 Å².